The highest BCUT2D eigenvalue weighted by molar-refractivity contribution is 8.00. The second kappa shape index (κ2) is 14.7. The van der Waals surface area contributed by atoms with Gasteiger partial charge >= 0.3 is 0 Å². The Morgan fingerprint density at radius 1 is 0.956 bits per heavy atom. The minimum Gasteiger partial charge on any atom is -0.494 e. The summed E-state index contributed by atoms with van der Waals surface area (Å²) in [5.41, 5.74) is 1.61. The Bertz CT molecular complexity index is 1860. The third kappa shape index (κ3) is 8.34. The molecule has 0 aliphatic heterocycles. The average molecular weight is 641 g/mol. The quantitative estimate of drug-likeness (QED) is 0.103. The van der Waals surface area contributed by atoms with Crippen molar-refractivity contribution in [1.29, 1.82) is 0 Å². The zero-order valence-corrected chi connectivity index (χ0v) is 26.0. The van der Waals surface area contributed by atoms with E-state index in [9.17, 15) is 18.8 Å². The molecule has 11 heteroatoms. The average Bonchev–Trinajstić information content (AvgIpc) is 3.44. The van der Waals surface area contributed by atoms with Crippen molar-refractivity contribution in [2.75, 3.05) is 17.2 Å². The first-order valence-electron chi connectivity index (χ1n) is 14.0. The van der Waals surface area contributed by atoms with Crippen molar-refractivity contribution < 1.29 is 23.5 Å². The molecule has 3 amide bonds. The fraction of sp³-hybridized carbons (Fsp3) is 0.118. The maximum Gasteiger partial charge on any atom is 0.272 e. The molecule has 0 aliphatic rings. The maximum atomic E-state index is 14.4. The van der Waals surface area contributed by atoms with Crippen LogP contribution in [0.3, 0.4) is 0 Å². The summed E-state index contributed by atoms with van der Waals surface area (Å²) in [7, 11) is 0. The third-order valence-corrected chi connectivity index (χ3v) is 8.47. The first-order chi connectivity index (χ1) is 21.8. The molecule has 0 radical (unpaired) electrons. The number of carbonyl (C=O) groups excluding carboxylic acids is 3. The van der Waals surface area contributed by atoms with Gasteiger partial charge in [-0.25, -0.2) is 9.37 Å². The number of aromatic nitrogens is 1. The molecule has 8 nitrogen and oxygen atoms in total. The Morgan fingerprint density at radius 3 is 2.42 bits per heavy atom. The first-order valence-corrected chi connectivity index (χ1v) is 15.7. The number of anilines is 2. The summed E-state index contributed by atoms with van der Waals surface area (Å²) < 4.78 is 20.8. The number of fused-ring (bicyclic) bond motifs is 1. The summed E-state index contributed by atoms with van der Waals surface area (Å²) in [6.07, 6.45) is 1.29. The van der Waals surface area contributed by atoms with E-state index in [0.29, 0.717) is 23.0 Å². The van der Waals surface area contributed by atoms with Crippen LogP contribution in [0.1, 0.15) is 29.8 Å². The topological polar surface area (TPSA) is 109 Å². The van der Waals surface area contributed by atoms with E-state index in [4.69, 9.17) is 4.74 Å². The van der Waals surface area contributed by atoms with E-state index < -0.39 is 22.9 Å². The summed E-state index contributed by atoms with van der Waals surface area (Å²) in [4.78, 5) is 44.3. The molecule has 1 atom stereocenters. The van der Waals surface area contributed by atoms with Gasteiger partial charge in [-0.2, -0.15) is 0 Å². The Labute approximate surface area is 267 Å². The van der Waals surface area contributed by atoms with Gasteiger partial charge < -0.3 is 20.7 Å². The van der Waals surface area contributed by atoms with Crippen LogP contribution in [0.25, 0.3) is 16.3 Å². The molecule has 5 aromatic rings. The summed E-state index contributed by atoms with van der Waals surface area (Å²) >= 11 is 2.73. The lowest BCUT2D eigenvalue weighted by molar-refractivity contribution is -0.115. The third-order valence-electron chi connectivity index (χ3n) is 6.43. The second-order valence-corrected chi connectivity index (χ2v) is 12.2. The minimum atomic E-state index is -0.625. The summed E-state index contributed by atoms with van der Waals surface area (Å²) in [5.74, 6) is -1.11. The number of hydrogen-bond acceptors (Lipinski definition) is 7. The lowest BCUT2D eigenvalue weighted by atomic mass is 10.1. The molecule has 0 saturated heterocycles. The number of carbonyl (C=O) groups is 3. The molecule has 4 aromatic carbocycles. The standard InChI is InChI=1S/C34H29FN4O4S2/c1-3-43-25-15-18-28-30(20-25)45-34(38-28)39-31(40)21(2)44-26-16-13-24(14-17-26)36-33(42)29(19-23-11-7-8-12-27(23)35)37-32(41)22-9-5-4-6-10-22/h4-21H,3H2,1-2H3,(H,36,42)(H,37,41)(H,38,39,40)/b29-19-. The van der Waals surface area contributed by atoms with E-state index >= 15 is 0 Å². The molecule has 1 unspecified atom stereocenters. The van der Waals surface area contributed by atoms with Gasteiger partial charge in [0.05, 0.1) is 22.1 Å². The monoisotopic (exact) mass is 640 g/mol. The molecular weight excluding hydrogens is 612 g/mol. The highest BCUT2D eigenvalue weighted by Gasteiger charge is 2.18. The number of thiazole rings is 1. The van der Waals surface area contributed by atoms with Crippen molar-refractivity contribution in [3.8, 4) is 5.75 Å². The molecule has 228 valence electrons. The summed E-state index contributed by atoms with van der Waals surface area (Å²) in [6, 6.07) is 26.9. The number of hydrogen-bond donors (Lipinski definition) is 3. The van der Waals surface area contributed by atoms with Crippen molar-refractivity contribution in [2.45, 2.75) is 24.0 Å². The Hall–Kier alpha value is -5.00. The predicted octanol–water partition coefficient (Wildman–Crippen LogP) is 7.36. The first kappa shape index (κ1) is 31.4. The summed E-state index contributed by atoms with van der Waals surface area (Å²) in [6.45, 7) is 4.28. The van der Waals surface area contributed by atoms with Gasteiger partial charge in [0.1, 0.15) is 17.3 Å². The van der Waals surface area contributed by atoms with Crippen LogP contribution in [0.4, 0.5) is 15.2 Å². The predicted molar refractivity (Wildman–Crippen MR) is 178 cm³/mol. The van der Waals surface area contributed by atoms with Crippen LogP contribution in [0.2, 0.25) is 0 Å². The number of nitrogens with one attached hydrogen (secondary N) is 3. The summed E-state index contributed by atoms with van der Waals surface area (Å²) in [5, 5.41) is 8.31. The molecule has 5 rings (SSSR count). The molecule has 0 saturated carbocycles. The van der Waals surface area contributed by atoms with Gasteiger partial charge in [-0.3, -0.25) is 14.4 Å². The number of thioether (sulfide) groups is 1. The van der Waals surface area contributed by atoms with E-state index in [1.54, 1.807) is 73.7 Å². The van der Waals surface area contributed by atoms with Crippen LogP contribution in [0.5, 0.6) is 5.75 Å². The Balaban J connectivity index is 1.22. The van der Waals surface area contributed by atoms with Gasteiger partial charge in [0.15, 0.2) is 5.13 Å². The lowest BCUT2D eigenvalue weighted by Crippen LogP contribution is -2.30. The highest BCUT2D eigenvalue weighted by Crippen LogP contribution is 2.31. The van der Waals surface area contributed by atoms with Crippen molar-refractivity contribution in [3.63, 3.8) is 0 Å². The van der Waals surface area contributed by atoms with E-state index in [2.05, 4.69) is 20.9 Å². The van der Waals surface area contributed by atoms with Crippen LogP contribution in [0, 0.1) is 5.82 Å². The van der Waals surface area contributed by atoms with Crippen LogP contribution in [-0.4, -0.2) is 34.6 Å². The fourth-order valence-corrected chi connectivity index (χ4v) is 5.95. The number of amides is 3. The van der Waals surface area contributed by atoms with Gasteiger partial charge in [0, 0.05) is 21.7 Å². The van der Waals surface area contributed by atoms with E-state index in [1.165, 1.54) is 41.3 Å². The van der Waals surface area contributed by atoms with Crippen molar-refractivity contribution in [1.82, 2.24) is 10.3 Å². The fourth-order valence-electron chi connectivity index (χ4n) is 4.18. The van der Waals surface area contributed by atoms with E-state index in [1.807, 2.05) is 25.1 Å². The molecule has 1 heterocycles. The maximum absolute atomic E-state index is 14.4. The zero-order valence-electron chi connectivity index (χ0n) is 24.4. The molecule has 45 heavy (non-hydrogen) atoms. The Morgan fingerprint density at radius 2 is 1.69 bits per heavy atom. The van der Waals surface area contributed by atoms with Crippen molar-refractivity contribution in [3.05, 3.63) is 120 Å². The van der Waals surface area contributed by atoms with Crippen LogP contribution >= 0.6 is 23.1 Å². The van der Waals surface area contributed by atoms with Crippen molar-refractivity contribution >= 4 is 67.9 Å². The molecule has 0 spiro atoms. The molecule has 3 N–H and O–H groups in total. The number of benzene rings is 4. The van der Waals surface area contributed by atoms with Gasteiger partial charge in [-0.15, -0.1) is 11.8 Å². The molecule has 0 bridgehead atoms. The number of nitrogens with zero attached hydrogens (tertiary/aromatic N) is 1. The normalized spacial score (nSPS) is 11.9. The van der Waals surface area contributed by atoms with Gasteiger partial charge in [0.25, 0.3) is 11.8 Å². The molecule has 1 aromatic heterocycles. The van der Waals surface area contributed by atoms with Crippen molar-refractivity contribution in [2.24, 2.45) is 0 Å². The number of rotatable bonds is 11. The van der Waals surface area contributed by atoms with Crippen LogP contribution < -0.4 is 20.7 Å². The van der Waals surface area contributed by atoms with E-state index in [-0.39, 0.29) is 17.2 Å². The lowest BCUT2D eigenvalue weighted by Gasteiger charge is -2.13. The number of ether oxygens (including phenoxy) is 1. The van der Waals surface area contributed by atoms with Crippen LogP contribution in [0.15, 0.2) is 108 Å². The highest BCUT2D eigenvalue weighted by atomic mass is 32.2. The van der Waals surface area contributed by atoms with Gasteiger partial charge in [-0.05, 0) is 80.6 Å². The van der Waals surface area contributed by atoms with Gasteiger partial charge in [-0.1, -0.05) is 47.7 Å². The molecule has 0 aliphatic carbocycles. The zero-order chi connectivity index (χ0) is 31.8. The SMILES string of the molecule is CCOc1ccc2nc(NC(=O)C(C)Sc3ccc(NC(=O)/C(=C/c4ccccc4F)NC(=O)c4ccccc4)cc3)sc2c1. The van der Waals surface area contributed by atoms with E-state index in [0.717, 1.165) is 20.9 Å². The second-order valence-electron chi connectivity index (χ2n) is 9.71. The minimum absolute atomic E-state index is 0.123. The molecule has 0 fully saturated rings. The van der Waals surface area contributed by atoms with Gasteiger partial charge in [0.2, 0.25) is 5.91 Å². The number of halogens is 1. The smallest absolute Gasteiger partial charge is 0.272 e. The molecular formula is C34H29FN4O4S2. The Kier molecular flexibility index (Phi) is 10.2. The van der Waals surface area contributed by atoms with Crippen LogP contribution in [-0.2, 0) is 9.59 Å². The largest absolute Gasteiger partial charge is 0.494 e.